The summed E-state index contributed by atoms with van der Waals surface area (Å²) in [4.78, 5) is 4.70. The zero-order chi connectivity index (χ0) is 15.7. The Morgan fingerprint density at radius 1 is 0.810 bits per heavy atom. The van der Waals surface area contributed by atoms with E-state index in [0.29, 0.717) is 12.6 Å². The summed E-state index contributed by atoms with van der Waals surface area (Å²) in [5.41, 5.74) is 0. The molecule has 1 atom stereocenters. The molecule has 2 heterocycles. The minimum atomic E-state index is -0.764. The first-order valence-corrected chi connectivity index (χ1v) is 8.44. The fourth-order valence-corrected chi connectivity index (χ4v) is 2.67. The molecule has 2 nitrogen and oxygen atoms in total. The Balaban J connectivity index is 0.000000211. The molecule has 0 aromatic heterocycles. The molecule has 0 saturated carbocycles. The number of hydrogen-bond acceptors (Lipinski definition) is 2. The Kier molecular flexibility index (Phi) is 8.86. The van der Waals surface area contributed by atoms with Gasteiger partial charge in [0.15, 0.2) is 0 Å². The van der Waals surface area contributed by atoms with E-state index < -0.39 is 6.17 Å². The van der Waals surface area contributed by atoms with E-state index in [0.717, 1.165) is 19.0 Å². The quantitative estimate of drug-likeness (QED) is 0.710. The van der Waals surface area contributed by atoms with E-state index in [4.69, 9.17) is 0 Å². The topological polar surface area (TPSA) is 6.48 Å². The lowest BCUT2D eigenvalue weighted by atomic mass is 10.3. The van der Waals surface area contributed by atoms with Crippen LogP contribution in [0.25, 0.3) is 0 Å². The van der Waals surface area contributed by atoms with Crippen LogP contribution in [0.3, 0.4) is 0 Å². The molecule has 0 aromatic rings. The van der Waals surface area contributed by atoms with Crippen LogP contribution in [0, 0.1) is 0 Å². The predicted octanol–water partition coefficient (Wildman–Crippen LogP) is 4.04. The van der Waals surface area contributed by atoms with Crippen LogP contribution in [0.15, 0.2) is 24.3 Å². The van der Waals surface area contributed by atoms with E-state index in [9.17, 15) is 4.39 Å². The highest BCUT2D eigenvalue weighted by atomic mass is 19.1. The lowest BCUT2D eigenvalue weighted by molar-refractivity contribution is 0.187. The first-order chi connectivity index (χ1) is 10.0. The molecule has 2 aliphatic heterocycles. The van der Waals surface area contributed by atoms with Gasteiger partial charge in [-0.05, 0) is 47.0 Å². The number of nitrogens with zero attached hydrogens (tertiary/aromatic N) is 2. The van der Waals surface area contributed by atoms with Gasteiger partial charge in [-0.3, -0.25) is 4.90 Å². The van der Waals surface area contributed by atoms with Crippen molar-refractivity contribution in [1.29, 1.82) is 0 Å². The summed E-state index contributed by atoms with van der Waals surface area (Å²) < 4.78 is 12.9. The van der Waals surface area contributed by atoms with E-state index in [2.05, 4.69) is 49.6 Å². The van der Waals surface area contributed by atoms with Gasteiger partial charge in [0.05, 0.1) is 0 Å². The Morgan fingerprint density at radius 3 is 1.81 bits per heavy atom. The second kappa shape index (κ2) is 10.1. The van der Waals surface area contributed by atoms with Crippen molar-refractivity contribution in [2.24, 2.45) is 0 Å². The third-order valence-corrected chi connectivity index (χ3v) is 4.13. The third kappa shape index (κ3) is 7.77. The van der Waals surface area contributed by atoms with Crippen LogP contribution in [-0.4, -0.2) is 54.2 Å². The smallest absolute Gasteiger partial charge is 0.131 e. The highest BCUT2D eigenvalue weighted by Crippen LogP contribution is 2.09. The van der Waals surface area contributed by atoms with Gasteiger partial charge >= 0.3 is 0 Å². The summed E-state index contributed by atoms with van der Waals surface area (Å²) in [6.45, 7) is 12.8. The Morgan fingerprint density at radius 2 is 1.29 bits per heavy atom. The van der Waals surface area contributed by atoms with Crippen molar-refractivity contribution in [3.8, 4) is 0 Å². The number of halogens is 1. The van der Waals surface area contributed by atoms with Crippen molar-refractivity contribution in [2.75, 3.05) is 26.2 Å². The molecule has 122 valence electrons. The van der Waals surface area contributed by atoms with Crippen LogP contribution in [0.5, 0.6) is 0 Å². The van der Waals surface area contributed by atoms with Gasteiger partial charge in [0.25, 0.3) is 0 Å². The zero-order valence-corrected chi connectivity index (χ0v) is 14.3. The van der Waals surface area contributed by atoms with Crippen LogP contribution in [0.2, 0.25) is 0 Å². The van der Waals surface area contributed by atoms with Crippen LogP contribution >= 0.6 is 0 Å². The Labute approximate surface area is 130 Å². The van der Waals surface area contributed by atoms with Crippen molar-refractivity contribution in [2.45, 2.75) is 65.2 Å². The van der Waals surface area contributed by atoms with Gasteiger partial charge in [0, 0.05) is 38.3 Å². The molecule has 2 aliphatic rings. The summed E-state index contributed by atoms with van der Waals surface area (Å²) in [6.07, 6.45) is 10.9. The monoisotopic (exact) mass is 296 g/mol. The second-order valence-electron chi connectivity index (χ2n) is 6.50. The predicted molar refractivity (Wildman–Crippen MR) is 90.4 cm³/mol. The highest BCUT2D eigenvalue weighted by molar-refractivity contribution is 4.94. The molecule has 0 radical (unpaired) electrons. The number of hydrogen-bond donors (Lipinski definition) is 0. The molecule has 0 aromatic carbocycles. The first kappa shape index (κ1) is 18.4. The van der Waals surface area contributed by atoms with Crippen molar-refractivity contribution >= 4 is 0 Å². The van der Waals surface area contributed by atoms with Crippen LogP contribution in [0.4, 0.5) is 4.39 Å². The van der Waals surface area contributed by atoms with Crippen LogP contribution in [-0.2, 0) is 0 Å². The fourth-order valence-electron chi connectivity index (χ4n) is 2.67. The fraction of sp³-hybridized carbons (Fsp3) is 0.778. The first-order valence-electron chi connectivity index (χ1n) is 8.44. The van der Waals surface area contributed by atoms with Gasteiger partial charge < -0.3 is 4.90 Å². The second-order valence-corrected chi connectivity index (χ2v) is 6.50. The normalized spacial score (nSPS) is 24.6. The lowest BCUT2D eigenvalue weighted by Crippen LogP contribution is -2.35. The molecule has 0 aliphatic carbocycles. The molecular formula is C18H33FN2. The summed E-state index contributed by atoms with van der Waals surface area (Å²) in [5.74, 6) is 0. The van der Waals surface area contributed by atoms with Crippen molar-refractivity contribution in [3.05, 3.63) is 24.3 Å². The summed E-state index contributed by atoms with van der Waals surface area (Å²) in [5, 5.41) is 0. The van der Waals surface area contributed by atoms with E-state index in [-0.39, 0.29) is 0 Å². The molecular weight excluding hydrogens is 263 g/mol. The standard InChI is InChI=1S/C9H16FN.C9H17N/c1-8(2)11-6-4-3-5-9(10)7-11;1-9(2)10-7-5-3-4-6-8-10/h3,5,8-9H,4,6-7H2,1-2H3;3-4,9H,5-8H2,1-2H3. The van der Waals surface area contributed by atoms with Gasteiger partial charge in [-0.15, -0.1) is 0 Å². The number of alkyl halides is 1. The molecule has 2 rings (SSSR count). The van der Waals surface area contributed by atoms with E-state index in [1.807, 2.05) is 6.08 Å². The average molecular weight is 296 g/mol. The molecule has 0 fully saturated rings. The maximum absolute atomic E-state index is 12.9. The van der Waals surface area contributed by atoms with E-state index in [1.165, 1.54) is 25.9 Å². The van der Waals surface area contributed by atoms with E-state index in [1.54, 1.807) is 6.08 Å². The van der Waals surface area contributed by atoms with Gasteiger partial charge in [0.2, 0.25) is 0 Å². The van der Waals surface area contributed by atoms with E-state index >= 15 is 0 Å². The Hall–Kier alpha value is -0.670. The molecule has 0 spiro atoms. The SMILES string of the molecule is CC(C)N1CCC=CC(F)C1.CC(C)N1CCC=CCC1. The minimum absolute atomic E-state index is 0.466. The average Bonchev–Trinajstić information content (AvgIpc) is 2.81. The van der Waals surface area contributed by atoms with Crippen molar-refractivity contribution in [3.63, 3.8) is 0 Å². The summed E-state index contributed by atoms with van der Waals surface area (Å²) >= 11 is 0. The molecule has 3 heteroatoms. The number of rotatable bonds is 2. The zero-order valence-electron chi connectivity index (χ0n) is 14.3. The van der Waals surface area contributed by atoms with Crippen LogP contribution in [0.1, 0.15) is 47.0 Å². The van der Waals surface area contributed by atoms with Gasteiger partial charge in [-0.25, -0.2) is 4.39 Å². The maximum Gasteiger partial charge on any atom is 0.131 e. The van der Waals surface area contributed by atoms with Gasteiger partial charge in [-0.1, -0.05) is 24.3 Å². The molecule has 0 amide bonds. The van der Waals surface area contributed by atoms with Crippen molar-refractivity contribution < 1.29 is 4.39 Å². The minimum Gasteiger partial charge on any atom is -0.300 e. The molecule has 0 bridgehead atoms. The van der Waals surface area contributed by atoms with Gasteiger partial charge in [-0.2, -0.15) is 0 Å². The molecule has 0 saturated heterocycles. The summed E-state index contributed by atoms with van der Waals surface area (Å²) in [7, 11) is 0. The lowest BCUT2D eigenvalue weighted by Gasteiger charge is -2.24. The molecule has 0 N–H and O–H groups in total. The summed E-state index contributed by atoms with van der Waals surface area (Å²) in [6, 6.07) is 1.19. The van der Waals surface area contributed by atoms with Crippen LogP contribution < -0.4 is 0 Å². The molecule has 1 unspecified atom stereocenters. The van der Waals surface area contributed by atoms with Gasteiger partial charge in [0.1, 0.15) is 6.17 Å². The third-order valence-electron chi connectivity index (χ3n) is 4.13. The maximum atomic E-state index is 12.9. The van der Waals surface area contributed by atoms with Crippen molar-refractivity contribution in [1.82, 2.24) is 9.80 Å². The molecule has 21 heavy (non-hydrogen) atoms. The largest absolute Gasteiger partial charge is 0.300 e. The highest BCUT2D eigenvalue weighted by Gasteiger charge is 2.15. The Bertz CT molecular complexity index is 313.